The van der Waals surface area contributed by atoms with Gasteiger partial charge in [0.25, 0.3) is 11.8 Å². The first-order chi connectivity index (χ1) is 14.6. The zero-order valence-corrected chi connectivity index (χ0v) is 18.2. The summed E-state index contributed by atoms with van der Waals surface area (Å²) in [7, 11) is 0. The van der Waals surface area contributed by atoms with Gasteiger partial charge >= 0.3 is 0 Å². The molecular weight excluding hydrogens is 432 g/mol. The van der Waals surface area contributed by atoms with Gasteiger partial charge in [0.1, 0.15) is 4.83 Å². The predicted molar refractivity (Wildman–Crippen MR) is 110 cm³/mol. The number of nitrogens with one attached hydrogen (secondary N) is 1. The van der Waals surface area contributed by atoms with Crippen molar-refractivity contribution in [3.8, 4) is 0 Å². The van der Waals surface area contributed by atoms with Gasteiger partial charge < -0.3 is 5.32 Å². The van der Waals surface area contributed by atoms with Gasteiger partial charge in [-0.15, -0.1) is 11.3 Å². The highest BCUT2D eigenvalue weighted by molar-refractivity contribution is 7.20. The van der Waals surface area contributed by atoms with Crippen LogP contribution in [-0.2, 0) is 0 Å². The van der Waals surface area contributed by atoms with E-state index in [1.807, 2.05) is 22.6 Å². The molecule has 0 unspecified atom stereocenters. The van der Waals surface area contributed by atoms with Gasteiger partial charge in [0.15, 0.2) is 0 Å². The molecule has 0 aromatic carbocycles. The van der Waals surface area contributed by atoms with Crippen LogP contribution < -0.4 is 5.32 Å². The second kappa shape index (κ2) is 7.43. The number of carbonyl (C=O) groups is 1. The summed E-state index contributed by atoms with van der Waals surface area (Å²) in [5.41, 5.74) is 0.793. The molecule has 2 aromatic heterocycles. The number of carbonyl (C=O) groups excluding carboxylic acids is 1. The van der Waals surface area contributed by atoms with Crippen LogP contribution in [0.15, 0.2) is 6.07 Å². The van der Waals surface area contributed by atoms with E-state index < -0.39 is 11.8 Å². The first-order valence-electron chi connectivity index (χ1n) is 10.9. The highest BCUT2D eigenvalue weighted by Crippen LogP contribution is 2.41. The Morgan fingerprint density at radius 3 is 2.48 bits per heavy atom. The van der Waals surface area contributed by atoms with E-state index in [-0.39, 0.29) is 49.8 Å². The van der Waals surface area contributed by atoms with E-state index in [1.165, 1.54) is 11.3 Å². The Labute approximate surface area is 181 Å². The van der Waals surface area contributed by atoms with Crippen LogP contribution in [-0.4, -0.2) is 57.6 Å². The fourth-order valence-electron chi connectivity index (χ4n) is 5.03. The lowest BCUT2D eigenvalue weighted by Crippen LogP contribution is -2.53. The molecule has 1 amide bonds. The lowest BCUT2D eigenvalue weighted by atomic mass is 9.85. The molecule has 0 bridgehead atoms. The topological polar surface area (TPSA) is 50.2 Å². The number of aromatic nitrogens is 2. The minimum Gasteiger partial charge on any atom is -0.348 e. The van der Waals surface area contributed by atoms with Crippen molar-refractivity contribution in [1.29, 1.82) is 0 Å². The molecule has 5 nitrogen and oxygen atoms in total. The van der Waals surface area contributed by atoms with Gasteiger partial charge in [0.2, 0.25) is 5.92 Å². The molecule has 0 radical (unpaired) electrons. The maximum absolute atomic E-state index is 13.5. The molecule has 3 aliphatic rings. The van der Waals surface area contributed by atoms with Crippen LogP contribution in [0.3, 0.4) is 0 Å². The molecule has 0 atom stereocenters. The molecule has 10 heteroatoms. The molecule has 1 saturated heterocycles. The Morgan fingerprint density at radius 1 is 1.13 bits per heavy atom. The molecule has 5 rings (SSSR count). The number of hydrogen-bond acceptors (Lipinski definition) is 4. The van der Waals surface area contributed by atoms with E-state index in [1.54, 1.807) is 0 Å². The van der Waals surface area contributed by atoms with Crippen molar-refractivity contribution in [3.05, 3.63) is 16.6 Å². The maximum Gasteiger partial charge on any atom is 0.261 e. The Bertz CT molecular complexity index is 987. The number of aryl methyl sites for hydroxylation is 1. The fourth-order valence-corrected chi connectivity index (χ4v) is 6.17. The lowest BCUT2D eigenvalue weighted by Gasteiger charge is -2.41. The summed E-state index contributed by atoms with van der Waals surface area (Å²) in [6, 6.07) is 1.86. The van der Waals surface area contributed by atoms with Crippen LogP contribution in [0.4, 0.5) is 17.6 Å². The molecule has 2 saturated carbocycles. The smallest absolute Gasteiger partial charge is 0.261 e. The minimum atomic E-state index is -2.59. The zero-order chi connectivity index (χ0) is 22.0. The molecular formula is C21H26F4N4OS. The van der Waals surface area contributed by atoms with E-state index in [2.05, 4.69) is 10.4 Å². The van der Waals surface area contributed by atoms with Crippen LogP contribution in [0.2, 0.25) is 0 Å². The van der Waals surface area contributed by atoms with Crippen molar-refractivity contribution >= 4 is 27.5 Å². The summed E-state index contributed by atoms with van der Waals surface area (Å²) in [5.74, 6) is -5.35. The predicted octanol–water partition coefficient (Wildman–Crippen LogP) is 4.76. The number of likely N-dealkylation sites (tertiary alicyclic amines) is 1. The van der Waals surface area contributed by atoms with Crippen molar-refractivity contribution in [2.75, 3.05) is 13.1 Å². The number of hydrogen-bond donors (Lipinski definition) is 1. The Morgan fingerprint density at radius 2 is 1.84 bits per heavy atom. The van der Waals surface area contributed by atoms with Crippen LogP contribution in [0.25, 0.3) is 10.2 Å². The van der Waals surface area contributed by atoms with Crippen molar-refractivity contribution < 1.29 is 22.4 Å². The molecule has 3 fully saturated rings. The van der Waals surface area contributed by atoms with E-state index in [0.717, 1.165) is 15.9 Å². The van der Waals surface area contributed by atoms with E-state index in [0.29, 0.717) is 37.1 Å². The highest BCUT2D eigenvalue weighted by atomic mass is 32.1. The average Bonchev–Trinajstić information content (AvgIpc) is 3.33. The molecule has 31 heavy (non-hydrogen) atoms. The van der Waals surface area contributed by atoms with E-state index >= 15 is 0 Å². The van der Waals surface area contributed by atoms with Crippen LogP contribution >= 0.6 is 11.3 Å². The quantitative estimate of drug-likeness (QED) is 0.673. The number of fused-ring (bicyclic) bond motifs is 1. The van der Waals surface area contributed by atoms with Gasteiger partial charge in [-0.05, 0) is 38.7 Å². The summed E-state index contributed by atoms with van der Waals surface area (Å²) in [5, 5.41) is 8.46. The van der Waals surface area contributed by atoms with Gasteiger partial charge in [-0.2, -0.15) is 5.10 Å². The third-order valence-corrected chi connectivity index (χ3v) is 8.11. The standard InChI is InChI=1S/C21H26F4N4OS/c1-12-16-10-17(31-19(16)29(27-12)14-2-4-20(22,23)5-3-14)18(30)26-13-8-15(9-13)28-7-6-21(24,25)11-28/h10,13-15H,2-9,11H2,1H3,(H,26,30). The van der Waals surface area contributed by atoms with Gasteiger partial charge in [0.05, 0.1) is 23.2 Å². The molecule has 1 aliphatic heterocycles. The second-order valence-corrected chi connectivity index (χ2v) is 10.3. The zero-order valence-electron chi connectivity index (χ0n) is 17.3. The number of alkyl halides is 4. The van der Waals surface area contributed by atoms with Gasteiger partial charge in [-0.1, -0.05) is 0 Å². The van der Waals surface area contributed by atoms with Crippen molar-refractivity contribution in [3.63, 3.8) is 0 Å². The van der Waals surface area contributed by atoms with Crippen molar-refractivity contribution in [1.82, 2.24) is 20.0 Å². The Balaban J connectivity index is 1.23. The largest absolute Gasteiger partial charge is 0.348 e. The second-order valence-electron chi connectivity index (χ2n) is 9.32. The fraction of sp³-hybridized carbons (Fsp3) is 0.714. The Kier molecular flexibility index (Phi) is 5.08. The summed E-state index contributed by atoms with van der Waals surface area (Å²) in [4.78, 5) is 16.0. The SMILES string of the molecule is Cc1nn(C2CCC(F)(F)CC2)c2sc(C(=O)NC3CC(N4CCC(F)(F)C4)C3)cc12. The average molecular weight is 459 g/mol. The van der Waals surface area contributed by atoms with Gasteiger partial charge in [-0.25, -0.2) is 17.6 Å². The number of rotatable bonds is 4. The molecule has 2 aliphatic carbocycles. The monoisotopic (exact) mass is 458 g/mol. The third kappa shape index (κ3) is 4.08. The molecule has 170 valence electrons. The van der Waals surface area contributed by atoms with E-state index in [4.69, 9.17) is 0 Å². The molecule has 0 spiro atoms. The number of amides is 1. The van der Waals surface area contributed by atoms with Crippen molar-refractivity contribution in [2.45, 2.75) is 81.8 Å². The normalized spacial score (nSPS) is 28.7. The minimum absolute atomic E-state index is 0.00453. The number of nitrogens with zero attached hydrogens (tertiary/aromatic N) is 3. The van der Waals surface area contributed by atoms with Crippen molar-refractivity contribution in [2.24, 2.45) is 0 Å². The van der Waals surface area contributed by atoms with Crippen LogP contribution in [0.5, 0.6) is 0 Å². The first kappa shape index (κ1) is 21.2. The number of thiophene rings is 1. The molecule has 2 aromatic rings. The Hall–Kier alpha value is -1.68. The third-order valence-electron chi connectivity index (χ3n) is 6.99. The lowest BCUT2D eigenvalue weighted by molar-refractivity contribution is -0.0445. The van der Waals surface area contributed by atoms with Crippen LogP contribution in [0.1, 0.15) is 66.4 Å². The molecule has 1 N–H and O–H groups in total. The van der Waals surface area contributed by atoms with Crippen LogP contribution in [0, 0.1) is 6.92 Å². The summed E-state index contributed by atoms with van der Waals surface area (Å²) in [6.07, 6.45) is 1.78. The summed E-state index contributed by atoms with van der Waals surface area (Å²) >= 11 is 1.34. The summed E-state index contributed by atoms with van der Waals surface area (Å²) in [6.45, 7) is 2.10. The summed E-state index contributed by atoms with van der Waals surface area (Å²) < 4.78 is 55.7. The molecule has 3 heterocycles. The number of halogens is 4. The highest BCUT2D eigenvalue weighted by Gasteiger charge is 2.44. The first-order valence-corrected chi connectivity index (χ1v) is 11.7. The maximum atomic E-state index is 13.5. The van der Waals surface area contributed by atoms with Gasteiger partial charge in [0, 0.05) is 43.3 Å². The van der Waals surface area contributed by atoms with E-state index in [9.17, 15) is 22.4 Å². The van der Waals surface area contributed by atoms with Gasteiger partial charge in [-0.3, -0.25) is 14.4 Å².